The lowest BCUT2D eigenvalue weighted by atomic mass is 10.1. The van der Waals surface area contributed by atoms with E-state index in [1.165, 1.54) is 5.56 Å². The van der Waals surface area contributed by atoms with Gasteiger partial charge in [-0.25, -0.2) is 15.0 Å². The number of aryl methyl sites for hydroxylation is 1. The Morgan fingerprint density at radius 2 is 0.962 bits per heavy atom. The van der Waals surface area contributed by atoms with Crippen LogP contribution in [0.3, 0.4) is 0 Å². The first kappa shape index (κ1) is 16.4. The van der Waals surface area contributed by atoms with Crippen molar-refractivity contribution < 1.29 is 0 Å². The van der Waals surface area contributed by atoms with Gasteiger partial charge in [0.15, 0.2) is 17.5 Å². The van der Waals surface area contributed by atoms with E-state index in [-0.39, 0.29) is 0 Å². The first-order valence-electron chi connectivity index (χ1n) is 8.33. The van der Waals surface area contributed by atoms with Crippen molar-refractivity contribution in [1.82, 2.24) is 15.0 Å². The van der Waals surface area contributed by atoms with Gasteiger partial charge in [-0.05, 0) is 31.2 Å². The molecule has 4 heteroatoms. The Morgan fingerprint density at radius 1 is 0.538 bits per heavy atom. The van der Waals surface area contributed by atoms with Gasteiger partial charge in [-0.3, -0.25) is 0 Å². The summed E-state index contributed by atoms with van der Waals surface area (Å²) in [7, 11) is 0. The highest BCUT2D eigenvalue weighted by Gasteiger charge is 2.11. The van der Waals surface area contributed by atoms with Crippen LogP contribution in [0, 0.1) is 6.92 Å². The smallest absolute Gasteiger partial charge is 0.164 e. The summed E-state index contributed by atoms with van der Waals surface area (Å²) in [5.74, 6) is 1.94. The Kier molecular flexibility index (Phi) is 4.46. The minimum Gasteiger partial charge on any atom is -0.208 e. The maximum atomic E-state index is 6.02. The van der Waals surface area contributed by atoms with Crippen molar-refractivity contribution in [3.05, 3.63) is 89.4 Å². The lowest BCUT2D eigenvalue weighted by molar-refractivity contribution is 1.07. The number of hydrogen-bond acceptors (Lipinski definition) is 3. The maximum absolute atomic E-state index is 6.02. The standard InChI is InChI=1S/C22H16ClN3/c1-15-7-9-17(10-8-15)21-24-20(16-5-3-2-4-6-16)25-22(26-21)18-11-13-19(23)14-12-18/h2-14H,1H3. The van der Waals surface area contributed by atoms with E-state index in [2.05, 4.69) is 24.0 Å². The molecule has 26 heavy (non-hydrogen) atoms. The van der Waals surface area contributed by atoms with E-state index in [1.54, 1.807) is 0 Å². The molecule has 0 saturated carbocycles. The minimum atomic E-state index is 0.631. The van der Waals surface area contributed by atoms with Crippen LogP contribution in [0.4, 0.5) is 0 Å². The molecule has 0 amide bonds. The first-order valence-corrected chi connectivity index (χ1v) is 8.71. The van der Waals surface area contributed by atoms with Gasteiger partial charge in [-0.15, -0.1) is 0 Å². The Bertz CT molecular complexity index is 963. The summed E-state index contributed by atoms with van der Waals surface area (Å²) < 4.78 is 0. The van der Waals surface area contributed by atoms with Gasteiger partial charge in [0.1, 0.15) is 0 Å². The fourth-order valence-corrected chi connectivity index (χ4v) is 2.78. The van der Waals surface area contributed by atoms with Crippen LogP contribution < -0.4 is 0 Å². The summed E-state index contributed by atoms with van der Waals surface area (Å²) in [4.78, 5) is 14.1. The highest BCUT2D eigenvalue weighted by Crippen LogP contribution is 2.25. The zero-order chi connectivity index (χ0) is 17.9. The highest BCUT2D eigenvalue weighted by atomic mass is 35.5. The van der Waals surface area contributed by atoms with Crippen molar-refractivity contribution in [3.8, 4) is 34.2 Å². The molecule has 4 rings (SSSR count). The third-order valence-electron chi connectivity index (χ3n) is 4.08. The van der Waals surface area contributed by atoms with Gasteiger partial charge in [-0.1, -0.05) is 71.8 Å². The van der Waals surface area contributed by atoms with Crippen LogP contribution in [0.15, 0.2) is 78.9 Å². The molecular formula is C22H16ClN3. The van der Waals surface area contributed by atoms with E-state index in [0.717, 1.165) is 16.7 Å². The predicted octanol–water partition coefficient (Wildman–Crippen LogP) is 5.83. The van der Waals surface area contributed by atoms with Crippen LogP contribution in [-0.4, -0.2) is 15.0 Å². The van der Waals surface area contributed by atoms with Crippen LogP contribution >= 0.6 is 11.6 Å². The molecule has 0 atom stereocenters. The van der Waals surface area contributed by atoms with Crippen LogP contribution in [0.1, 0.15) is 5.56 Å². The van der Waals surface area contributed by atoms with E-state index >= 15 is 0 Å². The molecule has 3 nitrogen and oxygen atoms in total. The van der Waals surface area contributed by atoms with Gasteiger partial charge in [0.05, 0.1) is 0 Å². The number of halogens is 1. The summed E-state index contributed by atoms with van der Waals surface area (Å²) in [6.45, 7) is 2.06. The Balaban J connectivity index is 1.89. The molecule has 0 saturated heterocycles. The Hall–Kier alpha value is -3.04. The van der Waals surface area contributed by atoms with Gasteiger partial charge < -0.3 is 0 Å². The zero-order valence-electron chi connectivity index (χ0n) is 14.2. The van der Waals surface area contributed by atoms with E-state index in [9.17, 15) is 0 Å². The molecule has 3 aromatic carbocycles. The number of hydrogen-bond donors (Lipinski definition) is 0. The van der Waals surface area contributed by atoms with Crippen molar-refractivity contribution in [3.63, 3.8) is 0 Å². The summed E-state index contributed by atoms with van der Waals surface area (Å²) in [5.41, 5.74) is 4.02. The third kappa shape index (κ3) is 3.48. The quantitative estimate of drug-likeness (QED) is 0.462. The molecule has 0 radical (unpaired) electrons. The number of aromatic nitrogens is 3. The van der Waals surface area contributed by atoms with Gasteiger partial charge in [0.25, 0.3) is 0 Å². The molecule has 1 heterocycles. The summed E-state index contributed by atoms with van der Waals surface area (Å²) in [6, 6.07) is 25.6. The summed E-state index contributed by atoms with van der Waals surface area (Å²) >= 11 is 6.02. The van der Waals surface area contributed by atoms with E-state index < -0.39 is 0 Å². The second-order valence-electron chi connectivity index (χ2n) is 6.05. The van der Waals surface area contributed by atoms with Gasteiger partial charge >= 0.3 is 0 Å². The highest BCUT2D eigenvalue weighted by molar-refractivity contribution is 6.30. The second kappa shape index (κ2) is 7.06. The molecular weight excluding hydrogens is 342 g/mol. The average Bonchev–Trinajstić information content (AvgIpc) is 2.69. The van der Waals surface area contributed by atoms with Crippen molar-refractivity contribution >= 4 is 11.6 Å². The molecule has 0 aliphatic rings. The zero-order valence-corrected chi connectivity index (χ0v) is 15.0. The van der Waals surface area contributed by atoms with Crippen molar-refractivity contribution in [2.45, 2.75) is 6.92 Å². The van der Waals surface area contributed by atoms with Crippen molar-refractivity contribution in [2.75, 3.05) is 0 Å². The minimum absolute atomic E-state index is 0.631. The molecule has 0 spiro atoms. The molecule has 0 bridgehead atoms. The molecule has 1 aromatic heterocycles. The van der Waals surface area contributed by atoms with E-state index in [1.807, 2.05) is 66.7 Å². The Labute approximate surface area is 157 Å². The maximum Gasteiger partial charge on any atom is 0.164 e. The first-order chi connectivity index (χ1) is 12.7. The largest absolute Gasteiger partial charge is 0.208 e. The monoisotopic (exact) mass is 357 g/mol. The molecule has 0 N–H and O–H groups in total. The lowest BCUT2D eigenvalue weighted by Crippen LogP contribution is -2.00. The topological polar surface area (TPSA) is 38.7 Å². The average molecular weight is 358 g/mol. The van der Waals surface area contributed by atoms with Crippen molar-refractivity contribution in [2.24, 2.45) is 0 Å². The molecule has 0 fully saturated rings. The number of nitrogens with zero attached hydrogens (tertiary/aromatic N) is 3. The van der Waals surface area contributed by atoms with Crippen LogP contribution in [0.2, 0.25) is 5.02 Å². The molecule has 0 aliphatic carbocycles. The van der Waals surface area contributed by atoms with Crippen LogP contribution in [0.25, 0.3) is 34.2 Å². The van der Waals surface area contributed by atoms with Crippen LogP contribution in [0.5, 0.6) is 0 Å². The fraction of sp³-hybridized carbons (Fsp3) is 0.0455. The molecule has 4 aromatic rings. The molecule has 126 valence electrons. The lowest BCUT2D eigenvalue weighted by Gasteiger charge is -2.08. The van der Waals surface area contributed by atoms with Gasteiger partial charge in [0.2, 0.25) is 0 Å². The van der Waals surface area contributed by atoms with Gasteiger partial charge in [0, 0.05) is 21.7 Å². The summed E-state index contributed by atoms with van der Waals surface area (Å²) in [5, 5.41) is 0.685. The van der Waals surface area contributed by atoms with E-state index in [0.29, 0.717) is 22.5 Å². The molecule has 0 aliphatic heterocycles. The molecule has 0 unspecified atom stereocenters. The SMILES string of the molecule is Cc1ccc(-c2nc(-c3ccccc3)nc(-c3ccc(Cl)cc3)n2)cc1. The van der Waals surface area contributed by atoms with E-state index in [4.69, 9.17) is 21.6 Å². The third-order valence-corrected chi connectivity index (χ3v) is 4.33. The summed E-state index contributed by atoms with van der Waals surface area (Å²) in [6.07, 6.45) is 0. The predicted molar refractivity (Wildman–Crippen MR) is 106 cm³/mol. The van der Waals surface area contributed by atoms with Gasteiger partial charge in [-0.2, -0.15) is 0 Å². The number of benzene rings is 3. The van der Waals surface area contributed by atoms with Crippen LogP contribution in [-0.2, 0) is 0 Å². The Morgan fingerprint density at radius 3 is 1.46 bits per heavy atom. The fourth-order valence-electron chi connectivity index (χ4n) is 2.65. The number of rotatable bonds is 3. The second-order valence-corrected chi connectivity index (χ2v) is 6.48. The normalized spacial score (nSPS) is 10.7. The van der Waals surface area contributed by atoms with Crippen molar-refractivity contribution in [1.29, 1.82) is 0 Å².